The summed E-state index contributed by atoms with van der Waals surface area (Å²) < 4.78 is 10.4. The molecular formula is C16H21NO5. The van der Waals surface area contributed by atoms with Crippen molar-refractivity contribution in [1.82, 2.24) is 5.32 Å². The minimum absolute atomic E-state index is 0.207. The number of para-hydroxylation sites is 1. The molecule has 0 aliphatic rings. The van der Waals surface area contributed by atoms with Gasteiger partial charge in [0.05, 0.1) is 14.2 Å². The molecule has 0 fully saturated rings. The Morgan fingerprint density at radius 1 is 1.23 bits per heavy atom. The van der Waals surface area contributed by atoms with Gasteiger partial charge < -0.3 is 19.9 Å². The third-order valence-corrected chi connectivity index (χ3v) is 3.08. The van der Waals surface area contributed by atoms with Gasteiger partial charge in [0.15, 0.2) is 11.5 Å². The largest absolute Gasteiger partial charge is 0.493 e. The molecule has 1 atom stereocenters. The Morgan fingerprint density at radius 3 is 2.41 bits per heavy atom. The van der Waals surface area contributed by atoms with Gasteiger partial charge in [-0.25, -0.2) is 4.79 Å². The summed E-state index contributed by atoms with van der Waals surface area (Å²) >= 11 is 0. The lowest BCUT2D eigenvalue weighted by atomic mass is 10.0. The van der Waals surface area contributed by atoms with Gasteiger partial charge in [-0.1, -0.05) is 26.0 Å². The minimum Gasteiger partial charge on any atom is -0.493 e. The van der Waals surface area contributed by atoms with Crippen LogP contribution in [0.2, 0.25) is 0 Å². The van der Waals surface area contributed by atoms with Crippen molar-refractivity contribution in [3.8, 4) is 11.5 Å². The van der Waals surface area contributed by atoms with Gasteiger partial charge in [-0.3, -0.25) is 4.79 Å². The van der Waals surface area contributed by atoms with E-state index in [0.717, 1.165) is 0 Å². The van der Waals surface area contributed by atoms with Crippen LogP contribution in [0.15, 0.2) is 24.3 Å². The number of carbonyl (C=O) groups is 2. The van der Waals surface area contributed by atoms with Crippen LogP contribution in [-0.2, 0) is 9.59 Å². The van der Waals surface area contributed by atoms with Crippen LogP contribution in [0.5, 0.6) is 11.5 Å². The highest BCUT2D eigenvalue weighted by atomic mass is 16.5. The molecule has 0 heterocycles. The van der Waals surface area contributed by atoms with Gasteiger partial charge in [0.2, 0.25) is 5.91 Å². The summed E-state index contributed by atoms with van der Waals surface area (Å²) in [7, 11) is 3.03. The maximum Gasteiger partial charge on any atom is 0.326 e. The number of aliphatic carboxylic acids is 1. The maximum atomic E-state index is 11.9. The molecule has 0 aliphatic carbocycles. The molecule has 0 spiro atoms. The average molecular weight is 307 g/mol. The fourth-order valence-corrected chi connectivity index (χ4v) is 1.92. The van der Waals surface area contributed by atoms with Gasteiger partial charge in [-0.2, -0.15) is 0 Å². The lowest BCUT2D eigenvalue weighted by Gasteiger charge is -2.16. The van der Waals surface area contributed by atoms with Crippen LogP contribution in [0.3, 0.4) is 0 Å². The van der Waals surface area contributed by atoms with Gasteiger partial charge in [0.1, 0.15) is 6.04 Å². The summed E-state index contributed by atoms with van der Waals surface area (Å²) in [4.78, 5) is 22.9. The summed E-state index contributed by atoms with van der Waals surface area (Å²) in [6, 6.07) is 4.36. The molecule has 0 saturated heterocycles. The van der Waals surface area contributed by atoms with Gasteiger partial charge in [0.25, 0.3) is 0 Å². The van der Waals surface area contributed by atoms with Crippen molar-refractivity contribution in [2.24, 2.45) is 5.92 Å². The second kappa shape index (κ2) is 8.07. The molecule has 1 aromatic rings. The van der Waals surface area contributed by atoms with Gasteiger partial charge in [-0.05, 0) is 18.1 Å². The number of carbonyl (C=O) groups excluding carboxylic acids is 1. The van der Waals surface area contributed by atoms with Crippen molar-refractivity contribution >= 4 is 18.0 Å². The fourth-order valence-electron chi connectivity index (χ4n) is 1.92. The van der Waals surface area contributed by atoms with E-state index in [9.17, 15) is 9.59 Å². The zero-order chi connectivity index (χ0) is 16.7. The molecule has 2 N–H and O–H groups in total. The number of ether oxygens (including phenoxy) is 2. The van der Waals surface area contributed by atoms with Crippen LogP contribution in [0.25, 0.3) is 6.08 Å². The Balaban J connectivity index is 2.88. The van der Waals surface area contributed by atoms with Crippen molar-refractivity contribution < 1.29 is 24.2 Å². The summed E-state index contributed by atoms with van der Waals surface area (Å²) in [5, 5.41) is 11.5. The third kappa shape index (κ3) is 4.51. The monoisotopic (exact) mass is 307 g/mol. The van der Waals surface area contributed by atoms with Gasteiger partial charge in [-0.15, -0.1) is 0 Å². The summed E-state index contributed by atoms with van der Waals surface area (Å²) in [6.07, 6.45) is 2.82. The molecule has 0 radical (unpaired) electrons. The molecule has 22 heavy (non-hydrogen) atoms. The smallest absolute Gasteiger partial charge is 0.326 e. The maximum absolute atomic E-state index is 11.9. The number of nitrogens with one attached hydrogen (secondary N) is 1. The highest BCUT2D eigenvalue weighted by Gasteiger charge is 2.22. The number of amides is 1. The molecule has 0 saturated carbocycles. The van der Waals surface area contributed by atoms with Crippen molar-refractivity contribution in [3.63, 3.8) is 0 Å². The van der Waals surface area contributed by atoms with E-state index in [2.05, 4.69) is 5.32 Å². The number of carboxylic acids is 1. The number of hydrogen-bond donors (Lipinski definition) is 2. The molecule has 6 heteroatoms. The average Bonchev–Trinajstić information content (AvgIpc) is 2.49. The Labute approximate surface area is 129 Å². The van der Waals surface area contributed by atoms with E-state index in [0.29, 0.717) is 17.1 Å². The first-order chi connectivity index (χ1) is 10.4. The molecule has 1 rings (SSSR count). The number of carboxylic acid groups (broad SMARTS) is 1. The molecule has 0 unspecified atom stereocenters. The van der Waals surface area contributed by atoms with Crippen molar-refractivity contribution in [2.75, 3.05) is 14.2 Å². The SMILES string of the molecule is COc1cccc(/C=C\C(=O)N[C@H](C(=O)O)C(C)C)c1OC. The van der Waals surface area contributed by atoms with E-state index in [1.807, 2.05) is 0 Å². The number of rotatable bonds is 7. The van der Waals surface area contributed by atoms with Crippen molar-refractivity contribution in [2.45, 2.75) is 19.9 Å². The fraction of sp³-hybridized carbons (Fsp3) is 0.375. The predicted molar refractivity (Wildman–Crippen MR) is 83.0 cm³/mol. The Morgan fingerprint density at radius 2 is 1.91 bits per heavy atom. The molecule has 120 valence electrons. The standard InChI is InChI=1S/C16H21NO5/c1-10(2)14(16(19)20)17-13(18)9-8-11-6-5-7-12(21-3)15(11)22-4/h5-10,14H,1-4H3,(H,17,18)(H,19,20)/b9-8-/t14-/m0/s1. The molecular weight excluding hydrogens is 286 g/mol. The van der Waals surface area contributed by atoms with E-state index in [1.54, 1.807) is 38.1 Å². The number of methoxy groups -OCH3 is 2. The highest BCUT2D eigenvalue weighted by molar-refractivity contribution is 5.94. The Bertz CT molecular complexity index is 566. The first-order valence-corrected chi connectivity index (χ1v) is 6.83. The first kappa shape index (κ1) is 17.6. The Kier molecular flexibility index (Phi) is 6.44. The molecule has 0 aromatic heterocycles. The lowest BCUT2D eigenvalue weighted by Crippen LogP contribution is -2.43. The first-order valence-electron chi connectivity index (χ1n) is 6.83. The van der Waals surface area contributed by atoms with E-state index in [-0.39, 0.29) is 5.92 Å². The lowest BCUT2D eigenvalue weighted by molar-refractivity contribution is -0.142. The van der Waals surface area contributed by atoms with E-state index in [1.165, 1.54) is 20.3 Å². The summed E-state index contributed by atoms with van der Waals surface area (Å²) in [5.41, 5.74) is 0.661. The van der Waals surface area contributed by atoms with Crippen LogP contribution in [-0.4, -0.2) is 37.2 Å². The summed E-state index contributed by atoms with van der Waals surface area (Å²) in [5.74, 6) is -0.689. The molecule has 1 amide bonds. The zero-order valence-corrected chi connectivity index (χ0v) is 13.1. The molecule has 1 aromatic carbocycles. The quantitative estimate of drug-likeness (QED) is 0.752. The topological polar surface area (TPSA) is 84.9 Å². The number of benzene rings is 1. The second-order valence-corrected chi connectivity index (χ2v) is 4.98. The van der Waals surface area contributed by atoms with Crippen LogP contribution < -0.4 is 14.8 Å². The van der Waals surface area contributed by atoms with Gasteiger partial charge >= 0.3 is 5.97 Å². The zero-order valence-electron chi connectivity index (χ0n) is 13.1. The summed E-state index contributed by atoms with van der Waals surface area (Å²) in [6.45, 7) is 3.46. The molecule has 6 nitrogen and oxygen atoms in total. The van der Waals surface area contributed by atoms with Crippen molar-refractivity contribution in [1.29, 1.82) is 0 Å². The normalized spacial score (nSPS) is 12.2. The molecule has 0 bridgehead atoms. The van der Waals surface area contributed by atoms with Crippen molar-refractivity contribution in [3.05, 3.63) is 29.8 Å². The van der Waals surface area contributed by atoms with E-state index >= 15 is 0 Å². The third-order valence-electron chi connectivity index (χ3n) is 3.08. The van der Waals surface area contributed by atoms with Crippen LogP contribution in [0.4, 0.5) is 0 Å². The van der Waals surface area contributed by atoms with E-state index in [4.69, 9.17) is 14.6 Å². The molecule has 0 aliphatic heterocycles. The Hall–Kier alpha value is -2.50. The van der Waals surface area contributed by atoms with Gasteiger partial charge in [0, 0.05) is 11.6 Å². The van der Waals surface area contributed by atoms with E-state index < -0.39 is 17.9 Å². The van der Waals surface area contributed by atoms with Crippen LogP contribution in [0.1, 0.15) is 19.4 Å². The minimum atomic E-state index is -1.06. The predicted octanol–water partition coefficient (Wildman–Crippen LogP) is 1.94. The second-order valence-electron chi connectivity index (χ2n) is 4.98. The van der Waals surface area contributed by atoms with Crippen LogP contribution >= 0.6 is 0 Å². The highest BCUT2D eigenvalue weighted by Crippen LogP contribution is 2.31. The number of hydrogen-bond acceptors (Lipinski definition) is 4. The van der Waals surface area contributed by atoms with Crippen LogP contribution in [0, 0.1) is 5.92 Å².